The van der Waals surface area contributed by atoms with E-state index in [9.17, 15) is 0 Å². The molecule has 6 nitrogen and oxygen atoms in total. The van der Waals surface area contributed by atoms with Crippen molar-refractivity contribution in [3.8, 4) is 0 Å². The molecule has 28 heavy (non-hydrogen) atoms. The minimum atomic E-state index is -0.475. The minimum absolute atomic E-state index is 0.267. The molecule has 6 heteroatoms. The maximum atomic E-state index is 6.32. The second kappa shape index (κ2) is 9.13. The summed E-state index contributed by atoms with van der Waals surface area (Å²) in [6.45, 7) is 0.821. The van der Waals surface area contributed by atoms with Gasteiger partial charge in [-0.3, -0.25) is 0 Å². The number of rotatable bonds is 5. The second-order valence-electron chi connectivity index (χ2n) is 6.90. The molecule has 6 atom stereocenters. The molecule has 2 unspecified atom stereocenters. The number of hydrogen-bond acceptors (Lipinski definition) is 6. The molecule has 2 aromatic rings. The van der Waals surface area contributed by atoms with Crippen molar-refractivity contribution in [1.82, 2.24) is 0 Å². The van der Waals surface area contributed by atoms with E-state index in [0.29, 0.717) is 13.2 Å². The lowest BCUT2D eigenvalue weighted by Crippen LogP contribution is -2.56. The highest BCUT2D eigenvalue weighted by atomic mass is 16.7. The maximum Gasteiger partial charge on any atom is 0.184 e. The van der Waals surface area contributed by atoms with Crippen LogP contribution in [0.25, 0.3) is 0 Å². The highest BCUT2D eigenvalue weighted by Gasteiger charge is 2.46. The first-order valence-corrected chi connectivity index (χ1v) is 9.49. The van der Waals surface area contributed by atoms with Gasteiger partial charge in [-0.05, 0) is 0 Å². The van der Waals surface area contributed by atoms with Gasteiger partial charge in [-0.25, -0.2) is 0 Å². The highest BCUT2D eigenvalue weighted by Crippen LogP contribution is 2.36. The summed E-state index contributed by atoms with van der Waals surface area (Å²) in [6.07, 6.45) is -2.20. The molecule has 0 aromatic heterocycles. The van der Waals surface area contributed by atoms with Crippen LogP contribution in [0.3, 0.4) is 0 Å². The fourth-order valence-electron chi connectivity index (χ4n) is 3.65. The molecule has 2 fully saturated rings. The van der Waals surface area contributed by atoms with Crippen LogP contribution in [0.15, 0.2) is 60.7 Å². The van der Waals surface area contributed by atoms with Crippen LogP contribution in [0, 0.1) is 0 Å². The van der Waals surface area contributed by atoms with Crippen molar-refractivity contribution < 1.29 is 28.4 Å². The Balaban J connectivity index is 1.56. The molecule has 0 spiro atoms. The van der Waals surface area contributed by atoms with Crippen molar-refractivity contribution >= 4 is 0 Å². The lowest BCUT2D eigenvalue weighted by molar-refractivity contribution is -0.336. The molecule has 2 saturated heterocycles. The lowest BCUT2D eigenvalue weighted by atomic mass is 10.00. The van der Waals surface area contributed by atoms with Crippen LogP contribution in [0.1, 0.15) is 23.7 Å². The fraction of sp³-hybridized carbons (Fsp3) is 0.455. The molecule has 4 rings (SSSR count). The number of hydrogen-bond donors (Lipinski definition) is 0. The van der Waals surface area contributed by atoms with E-state index < -0.39 is 12.6 Å². The van der Waals surface area contributed by atoms with Crippen LogP contribution in [-0.2, 0) is 28.4 Å². The first-order chi connectivity index (χ1) is 13.8. The van der Waals surface area contributed by atoms with Crippen LogP contribution < -0.4 is 0 Å². The zero-order valence-corrected chi connectivity index (χ0v) is 16.1. The average molecular weight is 386 g/mol. The van der Waals surface area contributed by atoms with Crippen LogP contribution in [-0.4, -0.2) is 51.8 Å². The summed E-state index contributed by atoms with van der Waals surface area (Å²) in [5, 5.41) is 0. The van der Waals surface area contributed by atoms with Crippen molar-refractivity contribution in [1.29, 1.82) is 0 Å². The number of ether oxygens (including phenoxy) is 6. The van der Waals surface area contributed by atoms with Gasteiger partial charge in [0.2, 0.25) is 0 Å². The summed E-state index contributed by atoms with van der Waals surface area (Å²) in [6, 6.07) is 19.7. The Labute approximate surface area is 165 Å². The quantitative estimate of drug-likeness (QED) is 0.786. The highest BCUT2D eigenvalue weighted by molar-refractivity contribution is 5.18. The van der Waals surface area contributed by atoms with Gasteiger partial charge in [0, 0.05) is 25.3 Å². The summed E-state index contributed by atoms with van der Waals surface area (Å²) >= 11 is 0. The third-order valence-corrected chi connectivity index (χ3v) is 5.19. The van der Waals surface area contributed by atoms with Crippen molar-refractivity contribution in [3.05, 3.63) is 71.8 Å². The topological polar surface area (TPSA) is 55.4 Å². The smallest absolute Gasteiger partial charge is 0.184 e. The zero-order valence-electron chi connectivity index (χ0n) is 16.1. The molecule has 0 radical (unpaired) electrons. The largest absolute Gasteiger partial charge is 0.376 e. The third-order valence-electron chi connectivity index (χ3n) is 5.19. The lowest BCUT2D eigenvalue weighted by Gasteiger charge is -2.45. The molecule has 0 saturated carbocycles. The van der Waals surface area contributed by atoms with Crippen molar-refractivity contribution in [2.24, 2.45) is 0 Å². The van der Waals surface area contributed by atoms with Crippen molar-refractivity contribution in [2.75, 3.05) is 27.4 Å². The van der Waals surface area contributed by atoms with E-state index in [1.807, 2.05) is 60.7 Å². The van der Waals surface area contributed by atoms with Gasteiger partial charge in [-0.2, -0.15) is 0 Å². The maximum absolute atomic E-state index is 6.32. The van der Waals surface area contributed by atoms with Crippen molar-refractivity contribution in [2.45, 2.75) is 37.0 Å². The molecule has 0 aliphatic carbocycles. The van der Waals surface area contributed by atoms with E-state index >= 15 is 0 Å². The van der Waals surface area contributed by atoms with Crippen LogP contribution in [0.2, 0.25) is 0 Å². The Morgan fingerprint density at radius 2 is 1.04 bits per heavy atom. The Morgan fingerprint density at radius 3 is 1.39 bits per heavy atom. The minimum Gasteiger partial charge on any atom is -0.376 e. The van der Waals surface area contributed by atoms with Gasteiger partial charge in [0.25, 0.3) is 0 Å². The number of methoxy groups -OCH3 is 2. The Morgan fingerprint density at radius 1 is 0.643 bits per heavy atom. The molecule has 2 aromatic carbocycles. The summed E-state index contributed by atoms with van der Waals surface area (Å²) in [5.41, 5.74) is 1.92. The summed E-state index contributed by atoms with van der Waals surface area (Å²) < 4.78 is 35.7. The van der Waals surface area contributed by atoms with Gasteiger partial charge in [-0.1, -0.05) is 60.7 Å². The normalized spacial score (nSPS) is 33.5. The van der Waals surface area contributed by atoms with E-state index in [4.69, 9.17) is 28.4 Å². The van der Waals surface area contributed by atoms with E-state index in [1.165, 1.54) is 0 Å². The van der Waals surface area contributed by atoms with E-state index in [2.05, 4.69) is 0 Å². The van der Waals surface area contributed by atoms with E-state index in [1.54, 1.807) is 14.2 Å². The SMILES string of the molecule is CO[C@H]1COC(c2ccccc2)O[C@@H]1[C@H]1OC(c2ccccc2)OC[C@@H]1OC. The second-order valence-corrected chi connectivity index (χ2v) is 6.90. The molecule has 0 N–H and O–H groups in total. The first-order valence-electron chi connectivity index (χ1n) is 9.49. The molecule has 0 bridgehead atoms. The number of benzene rings is 2. The monoisotopic (exact) mass is 386 g/mol. The van der Waals surface area contributed by atoms with Gasteiger partial charge in [0.05, 0.1) is 13.2 Å². The molecule has 2 aliphatic heterocycles. The van der Waals surface area contributed by atoms with E-state index in [-0.39, 0.29) is 24.4 Å². The van der Waals surface area contributed by atoms with Gasteiger partial charge in [-0.15, -0.1) is 0 Å². The predicted molar refractivity (Wildman–Crippen MR) is 102 cm³/mol. The average Bonchev–Trinajstić information content (AvgIpc) is 2.79. The Bertz CT molecular complexity index is 661. The van der Waals surface area contributed by atoms with Crippen LogP contribution >= 0.6 is 0 Å². The summed E-state index contributed by atoms with van der Waals surface area (Å²) in [4.78, 5) is 0. The molecule has 0 amide bonds. The molecule has 2 heterocycles. The summed E-state index contributed by atoms with van der Waals surface area (Å²) in [7, 11) is 3.31. The van der Waals surface area contributed by atoms with Crippen molar-refractivity contribution in [3.63, 3.8) is 0 Å². The first kappa shape index (κ1) is 19.5. The third kappa shape index (κ3) is 4.12. The zero-order chi connectivity index (χ0) is 19.3. The van der Waals surface area contributed by atoms with Crippen LogP contribution in [0.5, 0.6) is 0 Å². The predicted octanol–water partition coefficient (Wildman–Crippen LogP) is 3.24. The van der Waals surface area contributed by atoms with Gasteiger partial charge >= 0.3 is 0 Å². The molecular formula is C22H26O6. The van der Waals surface area contributed by atoms with Gasteiger partial charge < -0.3 is 28.4 Å². The summed E-state index contributed by atoms with van der Waals surface area (Å²) in [5.74, 6) is 0. The van der Waals surface area contributed by atoms with E-state index in [0.717, 1.165) is 11.1 Å². The fourth-order valence-corrected chi connectivity index (χ4v) is 3.65. The van der Waals surface area contributed by atoms with Crippen LogP contribution in [0.4, 0.5) is 0 Å². The molecular weight excluding hydrogens is 360 g/mol. The molecule has 150 valence electrons. The van der Waals surface area contributed by atoms with Gasteiger partial charge in [0.1, 0.15) is 24.4 Å². The molecule has 2 aliphatic rings. The Hall–Kier alpha value is -1.80. The van der Waals surface area contributed by atoms with Gasteiger partial charge in [0.15, 0.2) is 12.6 Å². The Kier molecular flexibility index (Phi) is 6.36. The standard InChI is InChI=1S/C22H26O6/c1-23-17-13-25-21(15-9-5-3-6-10-15)27-19(17)20-18(24-2)14-26-22(28-20)16-11-7-4-8-12-16/h3-12,17-22H,13-14H2,1-2H3/t17-,18-,19-,20-,21?,22?/m0/s1.